The molecule has 2 saturated carbocycles. The van der Waals surface area contributed by atoms with Crippen LogP contribution in [0.2, 0.25) is 0 Å². The second-order valence-electron chi connectivity index (χ2n) is 9.04. The van der Waals surface area contributed by atoms with Gasteiger partial charge in [0.1, 0.15) is 0 Å². The quantitative estimate of drug-likeness (QED) is 0.449. The van der Waals surface area contributed by atoms with E-state index in [-0.39, 0.29) is 0 Å². The third-order valence-electron chi connectivity index (χ3n) is 6.97. The first kappa shape index (κ1) is 20.3. The Morgan fingerprint density at radius 3 is 0.583 bits per heavy atom. The van der Waals surface area contributed by atoms with Gasteiger partial charge in [-0.3, -0.25) is 0 Å². The van der Waals surface area contributed by atoms with E-state index < -0.39 is 0 Å². The van der Waals surface area contributed by atoms with E-state index in [0.29, 0.717) is 0 Å². The minimum Gasteiger partial charge on any atom is -0.0533 e. The van der Waals surface area contributed by atoms with Crippen molar-refractivity contribution in [1.29, 1.82) is 0 Å². The lowest BCUT2D eigenvalue weighted by Gasteiger charge is -2.28. The molecule has 0 aromatic carbocycles. The van der Waals surface area contributed by atoms with Crippen molar-refractivity contribution in [2.24, 2.45) is 11.8 Å². The molecule has 2 fully saturated rings. The highest BCUT2D eigenvalue weighted by atomic mass is 14.3. The molecule has 24 heavy (non-hydrogen) atoms. The molecule has 2 aliphatic rings. The molecule has 0 radical (unpaired) electrons. The van der Waals surface area contributed by atoms with Crippen LogP contribution in [0.15, 0.2) is 0 Å². The van der Waals surface area contributed by atoms with E-state index in [0.717, 1.165) is 11.8 Å². The van der Waals surface area contributed by atoms with Crippen LogP contribution in [0.1, 0.15) is 141 Å². The second kappa shape index (κ2) is 14.2. The minimum atomic E-state index is 1.08. The van der Waals surface area contributed by atoms with Crippen LogP contribution in [-0.4, -0.2) is 0 Å². The highest BCUT2D eigenvalue weighted by Crippen LogP contribution is 2.34. The van der Waals surface area contributed by atoms with E-state index >= 15 is 0 Å². The van der Waals surface area contributed by atoms with Gasteiger partial charge < -0.3 is 0 Å². The zero-order valence-corrected chi connectivity index (χ0v) is 16.7. The predicted molar refractivity (Wildman–Crippen MR) is 109 cm³/mol. The van der Waals surface area contributed by atoms with Gasteiger partial charge in [-0.05, 0) is 11.8 Å². The van der Waals surface area contributed by atoms with E-state index in [1.54, 1.807) is 25.7 Å². The fourth-order valence-electron chi connectivity index (χ4n) is 5.33. The highest BCUT2D eigenvalue weighted by Gasteiger charge is 2.21. The van der Waals surface area contributed by atoms with Gasteiger partial charge in [0, 0.05) is 0 Å². The van der Waals surface area contributed by atoms with Gasteiger partial charge in [0.05, 0.1) is 0 Å². The number of hydrogen-bond donors (Lipinski definition) is 0. The van der Waals surface area contributed by atoms with Crippen LogP contribution >= 0.6 is 0 Å². The largest absolute Gasteiger partial charge is 0.0533 e. The SMILES string of the molecule is C1CCCCCC(C2CCCCCCCCCCC2)CCCCC1. The Kier molecular flexibility index (Phi) is 12.0. The molecule has 0 amide bonds. The van der Waals surface area contributed by atoms with Crippen LogP contribution in [-0.2, 0) is 0 Å². The monoisotopic (exact) mass is 334 g/mol. The second-order valence-corrected chi connectivity index (χ2v) is 9.04. The van der Waals surface area contributed by atoms with Crippen molar-refractivity contribution in [3.63, 3.8) is 0 Å². The zero-order chi connectivity index (χ0) is 16.7. The maximum atomic E-state index is 1.56. The maximum absolute atomic E-state index is 1.56. The van der Waals surface area contributed by atoms with Gasteiger partial charge in [0.2, 0.25) is 0 Å². The molecule has 0 bridgehead atoms. The number of rotatable bonds is 1. The fourth-order valence-corrected chi connectivity index (χ4v) is 5.33. The van der Waals surface area contributed by atoms with E-state index in [4.69, 9.17) is 0 Å². The summed E-state index contributed by atoms with van der Waals surface area (Å²) in [5.74, 6) is 2.15. The van der Waals surface area contributed by atoms with Crippen molar-refractivity contribution < 1.29 is 0 Å². The van der Waals surface area contributed by atoms with Crippen LogP contribution in [0, 0.1) is 11.8 Å². The van der Waals surface area contributed by atoms with E-state index in [9.17, 15) is 0 Å². The van der Waals surface area contributed by atoms with Crippen molar-refractivity contribution in [2.75, 3.05) is 0 Å². The lowest BCUT2D eigenvalue weighted by Crippen LogP contribution is -2.16. The molecule has 0 spiro atoms. The summed E-state index contributed by atoms with van der Waals surface area (Å²) in [5.41, 5.74) is 0. The highest BCUT2D eigenvalue weighted by molar-refractivity contribution is 4.73. The average molecular weight is 335 g/mol. The third kappa shape index (κ3) is 9.47. The summed E-state index contributed by atoms with van der Waals surface area (Å²) in [7, 11) is 0. The summed E-state index contributed by atoms with van der Waals surface area (Å²) in [6.07, 6.45) is 33.5. The third-order valence-corrected chi connectivity index (χ3v) is 6.97. The van der Waals surface area contributed by atoms with Gasteiger partial charge in [-0.15, -0.1) is 0 Å². The Labute approximate surface area is 153 Å². The van der Waals surface area contributed by atoms with Crippen LogP contribution in [0.5, 0.6) is 0 Å². The van der Waals surface area contributed by atoms with Crippen molar-refractivity contribution in [1.82, 2.24) is 0 Å². The van der Waals surface area contributed by atoms with Gasteiger partial charge in [-0.1, -0.05) is 141 Å². The number of hydrogen-bond acceptors (Lipinski definition) is 0. The summed E-state index contributed by atoms with van der Waals surface area (Å²) in [4.78, 5) is 0. The van der Waals surface area contributed by atoms with E-state index in [2.05, 4.69) is 0 Å². The molecule has 0 atom stereocenters. The van der Waals surface area contributed by atoms with Gasteiger partial charge in [-0.2, -0.15) is 0 Å². The Hall–Kier alpha value is 0. The average Bonchev–Trinajstić information content (AvgIpc) is 2.56. The minimum absolute atomic E-state index is 1.08. The van der Waals surface area contributed by atoms with Gasteiger partial charge in [0.15, 0.2) is 0 Å². The molecular weight excluding hydrogens is 288 g/mol. The lowest BCUT2D eigenvalue weighted by molar-refractivity contribution is 0.234. The summed E-state index contributed by atoms with van der Waals surface area (Å²) in [6.45, 7) is 0. The first-order chi connectivity index (χ1) is 12.0. The maximum Gasteiger partial charge on any atom is -0.0386 e. The molecule has 142 valence electrons. The zero-order valence-electron chi connectivity index (χ0n) is 16.7. The normalized spacial score (nSPS) is 26.5. The van der Waals surface area contributed by atoms with E-state index in [1.807, 2.05) is 0 Å². The molecule has 2 rings (SSSR count). The molecule has 0 N–H and O–H groups in total. The Balaban J connectivity index is 1.82. The van der Waals surface area contributed by atoms with Crippen molar-refractivity contribution in [3.05, 3.63) is 0 Å². The Morgan fingerprint density at radius 2 is 0.375 bits per heavy atom. The smallest absolute Gasteiger partial charge is 0.0386 e. The summed E-state index contributed by atoms with van der Waals surface area (Å²) < 4.78 is 0. The lowest BCUT2D eigenvalue weighted by atomic mass is 9.77. The molecule has 0 nitrogen and oxygen atoms in total. The topological polar surface area (TPSA) is 0 Å². The molecule has 0 aromatic rings. The molecule has 0 saturated heterocycles. The van der Waals surface area contributed by atoms with Crippen molar-refractivity contribution >= 4 is 0 Å². The Bertz CT molecular complexity index is 217. The van der Waals surface area contributed by atoms with Gasteiger partial charge in [0.25, 0.3) is 0 Å². The van der Waals surface area contributed by atoms with Crippen LogP contribution in [0.4, 0.5) is 0 Å². The first-order valence-electron chi connectivity index (χ1n) is 12.0. The summed E-state index contributed by atoms with van der Waals surface area (Å²) in [6, 6.07) is 0. The Morgan fingerprint density at radius 1 is 0.208 bits per heavy atom. The van der Waals surface area contributed by atoms with Crippen LogP contribution < -0.4 is 0 Å². The van der Waals surface area contributed by atoms with Crippen molar-refractivity contribution in [2.45, 2.75) is 141 Å². The summed E-state index contributed by atoms with van der Waals surface area (Å²) >= 11 is 0. The predicted octanol–water partition coefficient (Wildman–Crippen LogP) is 8.83. The molecule has 0 aromatic heterocycles. The van der Waals surface area contributed by atoms with Crippen LogP contribution in [0.3, 0.4) is 0 Å². The van der Waals surface area contributed by atoms with Gasteiger partial charge >= 0.3 is 0 Å². The molecule has 0 aliphatic heterocycles. The van der Waals surface area contributed by atoms with Gasteiger partial charge in [-0.25, -0.2) is 0 Å². The van der Waals surface area contributed by atoms with Crippen molar-refractivity contribution in [3.8, 4) is 0 Å². The summed E-state index contributed by atoms with van der Waals surface area (Å²) in [5, 5.41) is 0. The molecule has 0 heteroatoms. The standard InChI is InChI=1S/C24H46/c1-3-7-11-15-19-23(20-16-12-8-4-1)24-21-17-13-9-5-2-6-10-14-18-22-24/h23-24H,1-22H2. The first-order valence-corrected chi connectivity index (χ1v) is 12.0. The molecule has 0 heterocycles. The molecule has 2 aliphatic carbocycles. The fraction of sp³-hybridized carbons (Fsp3) is 1.00. The molecule has 0 unspecified atom stereocenters. The van der Waals surface area contributed by atoms with Crippen LogP contribution in [0.25, 0.3) is 0 Å². The van der Waals surface area contributed by atoms with E-state index in [1.165, 1.54) is 116 Å². The molecular formula is C24H46.